The number of hydrogen-bond donors (Lipinski definition) is 2. The maximum atomic E-state index is 14.2. The van der Waals surface area contributed by atoms with Crippen molar-refractivity contribution in [2.75, 3.05) is 20.1 Å². The molecule has 7 nitrogen and oxygen atoms in total. The summed E-state index contributed by atoms with van der Waals surface area (Å²) in [7, 11) is 1.85. The lowest BCUT2D eigenvalue weighted by Gasteiger charge is -2.45. The van der Waals surface area contributed by atoms with Crippen LogP contribution in [-0.2, 0) is 31.9 Å². The Hall–Kier alpha value is -2.66. The highest BCUT2D eigenvalue weighted by molar-refractivity contribution is 14.1. The van der Waals surface area contributed by atoms with Gasteiger partial charge in [-0.15, -0.1) is 0 Å². The number of piperidine rings is 1. The number of nitrogens with zero attached hydrogens (tertiary/aromatic N) is 2. The van der Waals surface area contributed by atoms with E-state index < -0.39 is 22.8 Å². The van der Waals surface area contributed by atoms with Crippen LogP contribution in [0.4, 0.5) is 0 Å². The molecule has 3 amide bonds. The number of carbonyl (C=O) groups is 3. The first-order chi connectivity index (χ1) is 20.1. The molecule has 2 aliphatic rings. The predicted molar refractivity (Wildman–Crippen MR) is 173 cm³/mol. The molecule has 42 heavy (non-hydrogen) atoms. The zero-order valence-electron chi connectivity index (χ0n) is 23.2. The molecular formula is C32H33Cl2IN4O3. The number of likely N-dealkylation sites (tertiary alicyclic amines) is 1. The summed E-state index contributed by atoms with van der Waals surface area (Å²) in [6.07, 6.45) is 1.89. The number of nitrogens with one attached hydrogen (secondary N) is 1. The summed E-state index contributed by atoms with van der Waals surface area (Å²) < 4.78 is 0.0361. The first kappa shape index (κ1) is 30.8. The van der Waals surface area contributed by atoms with Gasteiger partial charge < -0.3 is 16.0 Å². The van der Waals surface area contributed by atoms with Crippen LogP contribution in [0.1, 0.15) is 36.0 Å². The number of hydrogen-bond acceptors (Lipinski definition) is 4. The van der Waals surface area contributed by atoms with E-state index in [1.54, 1.807) is 11.0 Å². The van der Waals surface area contributed by atoms with Gasteiger partial charge in [-0.25, -0.2) is 0 Å². The van der Waals surface area contributed by atoms with Crippen molar-refractivity contribution < 1.29 is 14.4 Å². The summed E-state index contributed by atoms with van der Waals surface area (Å²) in [4.78, 5) is 42.5. The van der Waals surface area contributed by atoms with Crippen molar-refractivity contribution >= 4 is 63.5 Å². The molecule has 3 N–H and O–H groups in total. The van der Waals surface area contributed by atoms with E-state index in [1.807, 2.05) is 79.8 Å². The smallest absolute Gasteiger partial charge is 0.309 e. The Morgan fingerprint density at radius 3 is 2.26 bits per heavy atom. The number of nitrogens with two attached hydrogens (primary N) is 1. The topological polar surface area (TPSA) is 95.7 Å². The lowest BCUT2D eigenvalue weighted by Crippen LogP contribution is -2.57. The highest BCUT2D eigenvalue weighted by Crippen LogP contribution is 2.57. The van der Waals surface area contributed by atoms with E-state index in [9.17, 15) is 14.4 Å². The van der Waals surface area contributed by atoms with Gasteiger partial charge in [-0.2, -0.15) is 0 Å². The number of carbonyl (C=O) groups excluding carboxylic acids is 3. The van der Waals surface area contributed by atoms with E-state index in [0.717, 1.165) is 16.7 Å². The Labute approximate surface area is 269 Å². The van der Waals surface area contributed by atoms with Crippen molar-refractivity contribution in [1.29, 1.82) is 0 Å². The molecule has 1 aliphatic heterocycles. The van der Waals surface area contributed by atoms with Gasteiger partial charge in [0.25, 0.3) is 0 Å². The van der Waals surface area contributed by atoms with Crippen LogP contribution in [-0.4, -0.2) is 51.7 Å². The van der Waals surface area contributed by atoms with Crippen molar-refractivity contribution in [3.05, 3.63) is 106 Å². The Morgan fingerprint density at radius 2 is 1.64 bits per heavy atom. The molecule has 4 unspecified atom stereocenters. The average molecular weight is 719 g/mol. The van der Waals surface area contributed by atoms with E-state index in [4.69, 9.17) is 28.9 Å². The van der Waals surface area contributed by atoms with E-state index >= 15 is 0 Å². The van der Waals surface area contributed by atoms with Crippen LogP contribution in [0.5, 0.6) is 0 Å². The molecule has 2 fully saturated rings. The van der Waals surface area contributed by atoms with Gasteiger partial charge in [0.05, 0.1) is 25.0 Å². The van der Waals surface area contributed by atoms with E-state index in [-0.39, 0.29) is 15.9 Å². The standard InChI is InChI=1S/C32H33Cl2IN4O3/c1-38(19-21-8-4-2-5-9-21)30(42)32(23-12-13-25(33)26(34)16-23)17-24(32)20-39-15-14-31(18-27(39)35,37-29(41)28(36)40)22-10-6-3-7-11-22/h2-13,16,24,27H,14-15,17-20H2,1H3,(H2,36,40)(H,37,41). The minimum Gasteiger partial charge on any atom is -0.361 e. The zero-order valence-corrected chi connectivity index (χ0v) is 26.9. The SMILES string of the molecule is CN(Cc1ccccc1)C(=O)C1(c2ccc(Cl)c(Cl)c2)CC1CN1CCC(NC(=O)C(N)=O)(c2ccccc2)CC1I. The zero-order chi connectivity index (χ0) is 30.1. The van der Waals surface area contributed by atoms with Gasteiger partial charge in [-0.1, -0.05) is 113 Å². The molecule has 1 saturated heterocycles. The number of rotatable bonds is 8. The summed E-state index contributed by atoms with van der Waals surface area (Å²) in [5.41, 5.74) is 6.77. The summed E-state index contributed by atoms with van der Waals surface area (Å²) >= 11 is 15.1. The molecule has 0 bridgehead atoms. The third-order valence-electron chi connectivity index (χ3n) is 8.63. The van der Waals surface area contributed by atoms with Gasteiger partial charge in [0.15, 0.2) is 0 Å². The molecule has 0 spiro atoms. The molecule has 1 heterocycles. The molecule has 220 valence electrons. The van der Waals surface area contributed by atoms with E-state index in [1.165, 1.54) is 0 Å². The van der Waals surface area contributed by atoms with Crippen LogP contribution in [0.3, 0.4) is 0 Å². The fourth-order valence-corrected chi connectivity index (χ4v) is 7.85. The number of amides is 3. The second kappa shape index (κ2) is 12.5. The second-order valence-corrected chi connectivity index (χ2v) is 13.6. The van der Waals surface area contributed by atoms with E-state index in [2.05, 4.69) is 32.8 Å². The molecule has 0 radical (unpaired) electrons. The van der Waals surface area contributed by atoms with Crippen LogP contribution in [0.25, 0.3) is 0 Å². The minimum absolute atomic E-state index is 0.0361. The minimum atomic E-state index is -1.000. The average Bonchev–Trinajstić information content (AvgIpc) is 3.71. The Kier molecular flexibility index (Phi) is 9.18. The van der Waals surface area contributed by atoms with Gasteiger partial charge in [0, 0.05) is 26.7 Å². The maximum absolute atomic E-state index is 14.2. The van der Waals surface area contributed by atoms with Crippen LogP contribution in [0.15, 0.2) is 78.9 Å². The van der Waals surface area contributed by atoms with Gasteiger partial charge in [-0.3, -0.25) is 19.3 Å². The van der Waals surface area contributed by atoms with Gasteiger partial charge in [-0.05, 0) is 54.0 Å². The van der Waals surface area contributed by atoms with Crippen molar-refractivity contribution in [2.24, 2.45) is 11.7 Å². The fourth-order valence-electron chi connectivity index (χ4n) is 6.30. The summed E-state index contributed by atoms with van der Waals surface area (Å²) in [5.74, 6) is -1.66. The molecule has 10 heteroatoms. The highest BCUT2D eigenvalue weighted by Gasteiger charge is 2.62. The lowest BCUT2D eigenvalue weighted by molar-refractivity contribution is -0.139. The van der Waals surface area contributed by atoms with Gasteiger partial charge >= 0.3 is 11.8 Å². The van der Waals surface area contributed by atoms with Crippen LogP contribution >= 0.6 is 45.8 Å². The molecular weight excluding hydrogens is 686 g/mol. The summed E-state index contributed by atoms with van der Waals surface area (Å²) in [6.45, 7) is 1.88. The largest absolute Gasteiger partial charge is 0.361 e. The van der Waals surface area contributed by atoms with Crippen molar-refractivity contribution in [3.8, 4) is 0 Å². The second-order valence-electron chi connectivity index (χ2n) is 11.3. The van der Waals surface area contributed by atoms with Crippen molar-refractivity contribution in [3.63, 3.8) is 0 Å². The molecule has 5 rings (SSSR count). The number of primary amides is 1. The first-order valence-corrected chi connectivity index (χ1v) is 15.9. The van der Waals surface area contributed by atoms with Gasteiger partial charge in [0.2, 0.25) is 5.91 Å². The van der Waals surface area contributed by atoms with Gasteiger partial charge in [0.1, 0.15) is 0 Å². The number of halogens is 3. The molecule has 3 aromatic rings. The first-order valence-electron chi connectivity index (χ1n) is 13.9. The molecule has 1 saturated carbocycles. The summed E-state index contributed by atoms with van der Waals surface area (Å²) in [5, 5.41) is 3.83. The normalized spacial score (nSPS) is 25.4. The quantitative estimate of drug-likeness (QED) is 0.144. The van der Waals surface area contributed by atoms with Crippen molar-refractivity contribution in [2.45, 2.75) is 40.8 Å². The Balaban J connectivity index is 1.37. The predicted octanol–water partition coefficient (Wildman–Crippen LogP) is 5.26. The highest BCUT2D eigenvalue weighted by atomic mass is 127. The fraction of sp³-hybridized carbons (Fsp3) is 0.344. The Bertz CT molecular complexity index is 1480. The third-order valence-corrected chi connectivity index (χ3v) is 10.6. The van der Waals surface area contributed by atoms with Crippen LogP contribution < -0.4 is 11.1 Å². The van der Waals surface area contributed by atoms with Crippen LogP contribution in [0.2, 0.25) is 10.0 Å². The monoisotopic (exact) mass is 718 g/mol. The third kappa shape index (κ3) is 6.18. The lowest BCUT2D eigenvalue weighted by atomic mass is 9.80. The molecule has 1 aliphatic carbocycles. The molecule has 4 atom stereocenters. The molecule has 3 aromatic carbocycles. The van der Waals surface area contributed by atoms with Crippen molar-refractivity contribution in [1.82, 2.24) is 15.1 Å². The summed E-state index contributed by atoms with van der Waals surface area (Å²) in [6, 6.07) is 25.2. The maximum Gasteiger partial charge on any atom is 0.309 e. The number of benzene rings is 3. The molecule has 0 aromatic heterocycles. The van der Waals surface area contributed by atoms with Crippen LogP contribution in [0, 0.1) is 5.92 Å². The Morgan fingerprint density at radius 1 is 0.976 bits per heavy atom. The number of likely N-dealkylation sites (N-methyl/N-ethyl adjacent to an activating group) is 1. The number of alkyl halides is 1. The van der Waals surface area contributed by atoms with E-state index in [0.29, 0.717) is 48.9 Å².